The molecule has 6 nitrogen and oxygen atoms in total. The van der Waals surface area contributed by atoms with Crippen LogP contribution < -0.4 is 5.32 Å². The van der Waals surface area contributed by atoms with Crippen LogP contribution in [0.5, 0.6) is 0 Å². The largest absolute Gasteiger partial charge is 0.394 e. The van der Waals surface area contributed by atoms with Crippen LogP contribution in [0, 0.1) is 5.92 Å². The van der Waals surface area contributed by atoms with Gasteiger partial charge in [0.05, 0.1) is 18.3 Å². The lowest BCUT2D eigenvalue weighted by molar-refractivity contribution is 0.0886. The number of nitrogens with one attached hydrogen (secondary N) is 2. The smallest absolute Gasteiger partial charge is 0.269 e. The van der Waals surface area contributed by atoms with Gasteiger partial charge >= 0.3 is 0 Å². The number of H-pyrrole nitrogens is 1. The summed E-state index contributed by atoms with van der Waals surface area (Å²) < 4.78 is 0. The minimum Gasteiger partial charge on any atom is -0.394 e. The third-order valence-corrected chi connectivity index (χ3v) is 3.59. The lowest BCUT2D eigenvalue weighted by Gasteiger charge is -2.21. The Bertz CT molecular complexity index is 582. The van der Waals surface area contributed by atoms with Crippen LogP contribution in [-0.2, 0) is 0 Å². The molecule has 112 valence electrons. The highest BCUT2D eigenvalue weighted by Crippen LogP contribution is 2.14. The molecule has 6 heteroatoms. The number of aromatic nitrogens is 3. The minimum atomic E-state index is -0.274. The summed E-state index contributed by atoms with van der Waals surface area (Å²) >= 11 is 0. The van der Waals surface area contributed by atoms with Crippen LogP contribution in [-0.4, -0.2) is 38.8 Å². The molecule has 2 unspecified atom stereocenters. The third kappa shape index (κ3) is 3.66. The molecule has 0 saturated heterocycles. The lowest BCUT2D eigenvalue weighted by Crippen LogP contribution is -2.42. The normalized spacial score (nSPS) is 13.7. The van der Waals surface area contributed by atoms with Gasteiger partial charge in [0, 0.05) is 6.20 Å². The SMILES string of the molecule is CCC(C)C(CO)NC(=O)c1cc(-c2ccccn2)n[nH]1. The fraction of sp³-hybridized carbons (Fsp3) is 0.400. The Morgan fingerprint density at radius 1 is 1.43 bits per heavy atom. The number of amides is 1. The van der Waals surface area contributed by atoms with Crippen molar-refractivity contribution in [3.05, 3.63) is 36.2 Å². The van der Waals surface area contributed by atoms with Crippen molar-refractivity contribution in [3.63, 3.8) is 0 Å². The van der Waals surface area contributed by atoms with Gasteiger partial charge in [0.2, 0.25) is 0 Å². The van der Waals surface area contributed by atoms with Crippen molar-refractivity contribution in [2.75, 3.05) is 6.61 Å². The molecule has 2 aromatic heterocycles. The Kier molecular flexibility index (Phi) is 5.05. The molecular weight excluding hydrogens is 268 g/mol. The van der Waals surface area contributed by atoms with E-state index in [0.29, 0.717) is 17.1 Å². The molecule has 0 aliphatic rings. The third-order valence-electron chi connectivity index (χ3n) is 3.59. The van der Waals surface area contributed by atoms with E-state index in [9.17, 15) is 9.90 Å². The van der Waals surface area contributed by atoms with Crippen molar-refractivity contribution >= 4 is 5.91 Å². The van der Waals surface area contributed by atoms with Crippen LogP contribution in [0.3, 0.4) is 0 Å². The van der Waals surface area contributed by atoms with E-state index in [1.165, 1.54) is 0 Å². The molecule has 0 aliphatic carbocycles. The van der Waals surface area contributed by atoms with Gasteiger partial charge in [-0.2, -0.15) is 5.10 Å². The first-order valence-corrected chi connectivity index (χ1v) is 7.04. The van der Waals surface area contributed by atoms with E-state index in [1.54, 1.807) is 12.3 Å². The van der Waals surface area contributed by atoms with Gasteiger partial charge in [-0.25, -0.2) is 0 Å². The van der Waals surface area contributed by atoms with Crippen LogP contribution in [0.15, 0.2) is 30.5 Å². The van der Waals surface area contributed by atoms with E-state index in [4.69, 9.17) is 0 Å². The van der Waals surface area contributed by atoms with E-state index in [1.807, 2.05) is 32.0 Å². The summed E-state index contributed by atoms with van der Waals surface area (Å²) in [6.07, 6.45) is 2.56. The number of nitrogens with zero attached hydrogens (tertiary/aromatic N) is 2. The van der Waals surface area contributed by atoms with Crippen molar-refractivity contribution in [3.8, 4) is 11.4 Å². The predicted octanol–water partition coefficient (Wildman–Crippen LogP) is 1.61. The first-order valence-electron chi connectivity index (χ1n) is 7.04. The molecule has 2 rings (SSSR count). The zero-order valence-corrected chi connectivity index (χ0v) is 12.2. The molecule has 0 fully saturated rings. The zero-order valence-electron chi connectivity index (χ0n) is 12.2. The Hall–Kier alpha value is -2.21. The van der Waals surface area contributed by atoms with Gasteiger partial charge < -0.3 is 10.4 Å². The van der Waals surface area contributed by atoms with Crippen molar-refractivity contribution in [1.82, 2.24) is 20.5 Å². The Labute approximate surface area is 123 Å². The average molecular weight is 288 g/mol. The van der Waals surface area contributed by atoms with Crippen LogP contribution in [0.4, 0.5) is 0 Å². The molecule has 0 bridgehead atoms. The highest BCUT2D eigenvalue weighted by atomic mass is 16.3. The average Bonchev–Trinajstić information content (AvgIpc) is 3.02. The number of rotatable bonds is 6. The summed E-state index contributed by atoms with van der Waals surface area (Å²) in [5, 5.41) is 19.0. The van der Waals surface area contributed by atoms with Gasteiger partial charge in [-0.3, -0.25) is 14.9 Å². The van der Waals surface area contributed by atoms with Crippen molar-refractivity contribution < 1.29 is 9.90 Å². The molecule has 0 spiro atoms. The molecule has 3 N–H and O–H groups in total. The van der Waals surface area contributed by atoms with Crippen LogP contribution in [0.1, 0.15) is 30.8 Å². The van der Waals surface area contributed by atoms with Crippen molar-refractivity contribution in [1.29, 1.82) is 0 Å². The number of aliphatic hydroxyl groups excluding tert-OH is 1. The first-order chi connectivity index (χ1) is 10.2. The van der Waals surface area contributed by atoms with Crippen molar-refractivity contribution in [2.24, 2.45) is 5.92 Å². The van der Waals surface area contributed by atoms with E-state index >= 15 is 0 Å². The minimum absolute atomic E-state index is 0.0814. The van der Waals surface area contributed by atoms with Crippen LogP contribution in [0.2, 0.25) is 0 Å². The molecule has 1 amide bonds. The zero-order chi connectivity index (χ0) is 15.2. The molecule has 0 aromatic carbocycles. The summed E-state index contributed by atoms with van der Waals surface area (Å²) in [5.41, 5.74) is 1.68. The molecule has 0 aliphatic heterocycles. The fourth-order valence-corrected chi connectivity index (χ4v) is 1.98. The summed E-state index contributed by atoms with van der Waals surface area (Å²) in [7, 11) is 0. The summed E-state index contributed by atoms with van der Waals surface area (Å²) in [5.74, 6) is -0.0684. The number of carbonyl (C=O) groups is 1. The number of aromatic amines is 1. The Morgan fingerprint density at radius 2 is 2.24 bits per heavy atom. The van der Waals surface area contributed by atoms with E-state index in [2.05, 4.69) is 20.5 Å². The monoisotopic (exact) mass is 288 g/mol. The number of carbonyl (C=O) groups excluding carboxylic acids is 1. The van der Waals surface area contributed by atoms with E-state index in [0.717, 1.165) is 6.42 Å². The Morgan fingerprint density at radius 3 is 2.86 bits per heavy atom. The topological polar surface area (TPSA) is 90.9 Å². The van der Waals surface area contributed by atoms with Gasteiger partial charge in [0.15, 0.2) is 0 Å². The summed E-state index contributed by atoms with van der Waals surface area (Å²) in [6.45, 7) is 3.93. The van der Waals surface area contributed by atoms with E-state index in [-0.39, 0.29) is 24.5 Å². The molecule has 2 aromatic rings. The number of hydrogen-bond acceptors (Lipinski definition) is 4. The first kappa shape index (κ1) is 15.2. The van der Waals surface area contributed by atoms with E-state index < -0.39 is 0 Å². The maximum Gasteiger partial charge on any atom is 0.269 e. The number of pyridine rings is 1. The van der Waals surface area contributed by atoms with Gasteiger partial charge in [0.1, 0.15) is 11.4 Å². The molecule has 0 radical (unpaired) electrons. The predicted molar refractivity (Wildman–Crippen MR) is 79.6 cm³/mol. The van der Waals surface area contributed by atoms with Gasteiger partial charge in [0.25, 0.3) is 5.91 Å². The molecule has 2 atom stereocenters. The maximum atomic E-state index is 12.2. The molecule has 21 heavy (non-hydrogen) atoms. The standard InChI is InChI=1S/C15H20N4O2/c1-3-10(2)14(9-20)17-15(21)13-8-12(18-19-13)11-6-4-5-7-16-11/h4-8,10,14,20H,3,9H2,1-2H3,(H,17,21)(H,18,19). The molecule has 2 heterocycles. The second kappa shape index (κ2) is 6.99. The van der Waals surface area contributed by atoms with Crippen LogP contribution >= 0.6 is 0 Å². The maximum absolute atomic E-state index is 12.2. The highest BCUT2D eigenvalue weighted by Gasteiger charge is 2.19. The highest BCUT2D eigenvalue weighted by molar-refractivity contribution is 5.93. The summed E-state index contributed by atoms with van der Waals surface area (Å²) in [6, 6.07) is 6.91. The van der Waals surface area contributed by atoms with Gasteiger partial charge in [-0.1, -0.05) is 26.3 Å². The second-order valence-corrected chi connectivity index (χ2v) is 5.03. The quantitative estimate of drug-likeness (QED) is 0.753. The van der Waals surface area contributed by atoms with Gasteiger partial charge in [-0.15, -0.1) is 0 Å². The fourth-order valence-electron chi connectivity index (χ4n) is 1.98. The van der Waals surface area contributed by atoms with Crippen molar-refractivity contribution in [2.45, 2.75) is 26.3 Å². The number of hydrogen-bond donors (Lipinski definition) is 3. The second-order valence-electron chi connectivity index (χ2n) is 5.03. The van der Waals surface area contributed by atoms with Crippen LogP contribution in [0.25, 0.3) is 11.4 Å². The number of aliphatic hydroxyl groups is 1. The molecular formula is C15H20N4O2. The molecule has 0 saturated carbocycles. The Balaban J connectivity index is 2.09. The lowest BCUT2D eigenvalue weighted by atomic mass is 10.00. The summed E-state index contributed by atoms with van der Waals surface area (Å²) in [4.78, 5) is 16.4. The van der Waals surface area contributed by atoms with Gasteiger partial charge in [-0.05, 0) is 24.1 Å².